The first kappa shape index (κ1) is 7.80. The van der Waals surface area contributed by atoms with Crippen LogP contribution >= 0.6 is 0 Å². The third-order valence-electron chi connectivity index (χ3n) is 2.12. The minimum atomic E-state index is -0.198. The molecule has 1 atom stereocenters. The number of hydrogen-bond acceptors (Lipinski definition) is 1. The van der Waals surface area contributed by atoms with Crippen molar-refractivity contribution in [2.75, 3.05) is 0 Å². The van der Waals surface area contributed by atoms with Crippen LogP contribution < -0.4 is 0 Å². The first-order chi connectivity index (χ1) is 4.52. The van der Waals surface area contributed by atoms with Crippen molar-refractivity contribution in [1.82, 2.24) is 0 Å². The van der Waals surface area contributed by atoms with Crippen LogP contribution in [0.2, 0.25) is 0 Å². The molecular formula is C9H15O. The van der Waals surface area contributed by atoms with Gasteiger partial charge in [0.05, 0.1) is 6.10 Å². The number of aliphatic hydroxyl groups is 1. The maximum atomic E-state index is 9.48. The van der Waals surface area contributed by atoms with Gasteiger partial charge in [0.1, 0.15) is 0 Å². The van der Waals surface area contributed by atoms with E-state index >= 15 is 0 Å². The molecule has 0 fully saturated rings. The average Bonchev–Trinajstić information content (AvgIpc) is 1.78. The Morgan fingerprint density at radius 2 is 2.20 bits per heavy atom. The second-order valence-corrected chi connectivity index (χ2v) is 3.67. The lowest BCUT2D eigenvalue weighted by Crippen LogP contribution is -2.32. The van der Waals surface area contributed by atoms with Crippen molar-refractivity contribution in [3.8, 4) is 0 Å². The topological polar surface area (TPSA) is 20.2 Å². The zero-order valence-corrected chi connectivity index (χ0v) is 6.89. The molecule has 1 radical (unpaired) electrons. The van der Waals surface area contributed by atoms with E-state index in [9.17, 15) is 5.11 Å². The highest BCUT2D eigenvalue weighted by atomic mass is 16.3. The molecule has 1 rings (SSSR count). The van der Waals surface area contributed by atoms with Crippen molar-refractivity contribution in [2.24, 2.45) is 5.41 Å². The maximum Gasteiger partial charge on any atom is 0.0631 e. The normalized spacial score (nSPS) is 31.6. The summed E-state index contributed by atoms with van der Waals surface area (Å²) >= 11 is 0. The number of hydrogen-bond donors (Lipinski definition) is 1. The number of allylic oxidation sites excluding steroid dienone is 1. The fraction of sp³-hybridized carbons (Fsp3) is 0.667. The molecule has 0 saturated carbocycles. The minimum absolute atomic E-state index is 0.0289. The van der Waals surface area contributed by atoms with Crippen LogP contribution in [0.15, 0.2) is 11.6 Å². The predicted octanol–water partition coefficient (Wildman–Crippen LogP) is 1.93. The fourth-order valence-electron chi connectivity index (χ4n) is 1.34. The van der Waals surface area contributed by atoms with E-state index in [0.29, 0.717) is 0 Å². The summed E-state index contributed by atoms with van der Waals surface area (Å²) in [6.07, 6.45) is 4.81. The smallest absolute Gasteiger partial charge is 0.0631 e. The average molecular weight is 139 g/mol. The van der Waals surface area contributed by atoms with E-state index < -0.39 is 0 Å². The van der Waals surface area contributed by atoms with Gasteiger partial charge in [-0.15, -0.1) is 0 Å². The van der Waals surface area contributed by atoms with Crippen LogP contribution in [0.5, 0.6) is 0 Å². The van der Waals surface area contributed by atoms with Gasteiger partial charge in [0.15, 0.2) is 0 Å². The third-order valence-corrected chi connectivity index (χ3v) is 2.12. The molecule has 0 aromatic rings. The van der Waals surface area contributed by atoms with Crippen molar-refractivity contribution in [3.63, 3.8) is 0 Å². The molecule has 0 spiro atoms. The van der Waals surface area contributed by atoms with Crippen molar-refractivity contribution in [3.05, 3.63) is 18.1 Å². The van der Waals surface area contributed by atoms with Crippen LogP contribution in [0.25, 0.3) is 0 Å². The summed E-state index contributed by atoms with van der Waals surface area (Å²) in [5.74, 6) is 0. The van der Waals surface area contributed by atoms with E-state index in [1.165, 1.54) is 5.57 Å². The summed E-state index contributed by atoms with van der Waals surface area (Å²) in [5, 5.41) is 9.48. The molecule has 1 N–H and O–H groups in total. The minimum Gasteiger partial charge on any atom is -0.392 e. The monoisotopic (exact) mass is 139 g/mol. The van der Waals surface area contributed by atoms with Crippen LogP contribution in [0, 0.1) is 11.8 Å². The predicted molar refractivity (Wildman–Crippen MR) is 42.5 cm³/mol. The Balaban J connectivity index is 2.72. The molecule has 57 valence electrons. The zero-order valence-electron chi connectivity index (χ0n) is 6.89. The molecule has 0 saturated heterocycles. The van der Waals surface area contributed by atoms with E-state index in [1.807, 2.05) is 0 Å². The second kappa shape index (κ2) is 2.39. The highest BCUT2D eigenvalue weighted by Gasteiger charge is 2.30. The fourth-order valence-corrected chi connectivity index (χ4v) is 1.34. The molecular weight excluding hydrogens is 124 g/mol. The molecule has 0 bridgehead atoms. The molecule has 0 heterocycles. The van der Waals surface area contributed by atoms with Crippen molar-refractivity contribution in [1.29, 1.82) is 0 Å². The molecule has 10 heavy (non-hydrogen) atoms. The van der Waals surface area contributed by atoms with Gasteiger partial charge in [-0.3, -0.25) is 0 Å². The standard InChI is InChI=1S/C9H15O/c1-7-4-5-8(10)9(2,3)6-7/h4,6,8,10H,5H2,1-3H3. The van der Waals surface area contributed by atoms with E-state index in [0.717, 1.165) is 6.42 Å². The quantitative estimate of drug-likeness (QED) is 0.543. The lowest BCUT2D eigenvalue weighted by Gasteiger charge is -2.33. The molecule has 1 heteroatoms. The second-order valence-electron chi connectivity index (χ2n) is 3.67. The summed E-state index contributed by atoms with van der Waals surface area (Å²) in [6, 6.07) is 0. The Kier molecular flexibility index (Phi) is 1.86. The van der Waals surface area contributed by atoms with Gasteiger partial charge < -0.3 is 5.11 Å². The van der Waals surface area contributed by atoms with Gasteiger partial charge in [-0.1, -0.05) is 25.5 Å². The Morgan fingerprint density at radius 1 is 1.60 bits per heavy atom. The molecule has 0 aromatic carbocycles. The Hall–Kier alpha value is -0.300. The van der Waals surface area contributed by atoms with Gasteiger partial charge >= 0.3 is 0 Å². The van der Waals surface area contributed by atoms with Crippen LogP contribution in [0.3, 0.4) is 0 Å². The third kappa shape index (κ3) is 1.40. The van der Waals surface area contributed by atoms with E-state index in [4.69, 9.17) is 0 Å². The van der Waals surface area contributed by atoms with E-state index in [1.54, 1.807) is 0 Å². The maximum absolute atomic E-state index is 9.48. The van der Waals surface area contributed by atoms with Crippen LogP contribution in [0.4, 0.5) is 0 Å². The molecule has 1 nitrogen and oxygen atoms in total. The van der Waals surface area contributed by atoms with Crippen LogP contribution in [-0.2, 0) is 0 Å². The largest absolute Gasteiger partial charge is 0.392 e. The Morgan fingerprint density at radius 3 is 2.60 bits per heavy atom. The number of aliphatic hydroxyl groups excluding tert-OH is 1. The van der Waals surface area contributed by atoms with Gasteiger partial charge in [0, 0.05) is 0 Å². The Bertz CT molecular complexity index is 156. The summed E-state index contributed by atoms with van der Waals surface area (Å²) in [4.78, 5) is 0. The number of rotatable bonds is 0. The van der Waals surface area contributed by atoms with E-state index in [2.05, 4.69) is 33.3 Å². The molecule has 0 amide bonds. The van der Waals surface area contributed by atoms with Gasteiger partial charge in [-0.2, -0.15) is 0 Å². The molecule has 1 unspecified atom stereocenters. The van der Waals surface area contributed by atoms with E-state index in [-0.39, 0.29) is 11.5 Å². The molecule has 1 aliphatic rings. The summed E-state index contributed by atoms with van der Waals surface area (Å²) in [5.41, 5.74) is 1.26. The first-order valence-corrected chi connectivity index (χ1v) is 3.73. The summed E-state index contributed by atoms with van der Waals surface area (Å²) in [7, 11) is 0. The molecule has 0 aliphatic heterocycles. The summed E-state index contributed by atoms with van der Waals surface area (Å²) in [6.45, 7) is 6.20. The van der Waals surface area contributed by atoms with Crippen molar-refractivity contribution >= 4 is 0 Å². The Labute approximate surface area is 62.8 Å². The summed E-state index contributed by atoms with van der Waals surface area (Å²) < 4.78 is 0. The van der Waals surface area contributed by atoms with Gasteiger partial charge in [-0.05, 0) is 25.2 Å². The lowest BCUT2D eigenvalue weighted by atomic mass is 9.75. The van der Waals surface area contributed by atoms with Gasteiger partial charge in [0.2, 0.25) is 0 Å². The highest BCUT2D eigenvalue weighted by Crippen LogP contribution is 2.33. The van der Waals surface area contributed by atoms with Gasteiger partial charge in [-0.25, -0.2) is 0 Å². The molecule has 1 aliphatic carbocycles. The van der Waals surface area contributed by atoms with Crippen LogP contribution in [-0.4, -0.2) is 11.2 Å². The SMILES string of the molecule is CC1=CCC(O)C(C)(C)[CH]1. The first-order valence-electron chi connectivity index (χ1n) is 3.73. The van der Waals surface area contributed by atoms with Crippen LogP contribution in [0.1, 0.15) is 27.2 Å². The van der Waals surface area contributed by atoms with Crippen molar-refractivity contribution in [2.45, 2.75) is 33.3 Å². The van der Waals surface area contributed by atoms with Gasteiger partial charge in [0.25, 0.3) is 0 Å². The lowest BCUT2D eigenvalue weighted by molar-refractivity contribution is 0.0712. The molecule has 0 aromatic heterocycles. The van der Waals surface area contributed by atoms with Crippen molar-refractivity contribution < 1.29 is 5.11 Å². The highest BCUT2D eigenvalue weighted by molar-refractivity contribution is 5.21. The zero-order chi connectivity index (χ0) is 7.78.